The first-order chi connectivity index (χ1) is 4.30. The monoisotopic (exact) mass is 121 g/mol. The molecule has 48 valence electrons. The van der Waals surface area contributed by atoms with Crippen molar-refractivity contribution < 1.29 is 0 Å². The van der Waals surface area contributed by atoms with Crippen molar-refractivity contribution in [3.8, 4) is 0 Å². The SMILES string of the molecule is CC(N)C1C=C=CC=C1. The van der Waals surface area contributed by atoms with Gasteiger partial charge in [0.25, 0.3) is 0 Å². The molecule has 1 aliphatic rings. The highest BCUT2D eigenvalue weighted by Gasteiger charge is 2.05. The lowest BCUT2D eigenvalue weighted by Crippen LogP contribution is -2.23. The first-order valence-corrected chi connectivity index (χ1v) is 3.15. The van der Waals surface area contributed by atoms with Crippen LogP contribution in [0.1, 0.15) is 6.92 Å². The summed E-state index contributed by atoms with van der Waals surface area (Å²) in [5, 5.41) is 0. The third kappa shape index (κ3) is 1.56. The molecule has 0 saturated carbocycles. The van der Waals surface area contributed by atoms with Gasteiger partial charge in [0.15, 0.2) is 0 Å². The lowest BCUT2D eigenvalue weighted by Gasteiger charge is -2.11. The minimum atomic E-state index is 0.211. The van der Waals surface area contributed by atoms with Crippen LogP contribution >= 0.6 is 0 Å². The molecule has 0 radical (unpaired) electrons. The highest BCUT2D eigenvalue weighted by molar-refractivity contribution is 5.15. The van der Waals surface area contributed by atoms with Gasteiger partial charge in [-0.05, 0) is 19.1 Å². The number of rotatable bonds is 1. The van der Waals surface area contributed by atoms with Gasteiger partial charge in [-0.3, -0.25) is 0 Å². The number of allylic oxidation sites excluding steroid dienone is 1. The molecule has 1 nitrogen and oxygen atoms in total. The summed E-state index contributed by atoms with van der Waals surface area (Å²) in [5.41, 5.74) is 8.63. The van der Waals surface area contributed by atoms with Gasteiger partial charge in [-0.15, -0.1) is 5.73 Å². The smallest absolute Gasteiger partial charge is 0.0175 e. The van der Waals surface area contributed by atoms with Crippen LogP contribution in [-0.2, 0) is 0 Å². The Balaban J connectivity index is 2.65. The van der Waals surface area contributed by atoms with Crippen LogP contribution in [0, 0.1) is 5.92 Å². The van der Waals surface area contributed by atoms with E-state index in [0.29, 0.717) is 5.92 Å². The van der Waals surface area contributed by atoms with Crippen molar-refractivity contribution in [2.45, 2.75) is 13.0 Å². The molecule has 1 heteroatoms. The molecular formula is C8H11N. The van der Waals surface area contributed by atoms with Crippen molar-refractivity contribution >= 4 is 0 Å². The molecule has 0 saturated heterocycles. The summed E-state index contributed by atoms with van der Waals surface area (Å²) in [6.07, 6.45) is 7.94. The summed E-state index contributed by atoms with van der Waals surface area (Å²) >= 11 is 0. The van der Waals surface area contributed by atoms with Crippen molar-refractivity contribution in [2.24, 2.45) is 11.7 Å². The molecule has 0 amide bonds. The van der Waals surface area contributed by atoms with Crippen molar-refractivity contribution in [3.63, 3.8) is 0 Å². The van der Waals surface area contributed by atoms with E-state index in [4.69, 9.17) is 5.73 Å². The summed E-state index contributed by atoms with van der Waals surface area (Å²) < 4.78 is 0. The highest BCUT2D eigenvalue weighted by atomic mass is 14.6. The minimum Gasteiger partial charge on any atom is -0.327 e. The van der Waals surface area contributed by atoms with Gasteiger partial charge in [-0.25, -0.2) is 0 Å². The molecule has 2 atom stereocenters. The maximum atomic E-state index is 5.63. The van der Waals surface area contributed by atoms with E-state index in [0.717, 1.165) is 0 Å². The Labute approximate surface area is 55.6 Å². The summed E-state index contributed by atoms with van der Waals surface area (Å²) in [7, 11) is 0. The van der Waals surface area contributed by atoms with E-state index in [9.17, 15) is 0 Å². The van der Waals surface area contributed by atoms with Crippen LogP contribution in [0.2, 0.25) is 0 Å². The van der Waals surface area contributed by atoms with Crippen LogP contribution in [0.25, 0.3) is 0 Å². The Kier molecular flexibility index (Phi) is 1.88. The van der Waals surface area contributed by atoms with E-state index in [1.807, 2.05) is 25.2 Å². The molecule has 1 aliphatic carbocycles. The Morgan fingerprint density at radius 3 is 2.78 bits per heavy atom. The molecule has 0 bridgehead atoms. The first kappa shape index (κ1) is 6.34. The Bertz CT molecular complexity index is 171. The third-order valence-corrected chi connectivity index (χ3v) is 1.42. The maximum Gasteiger partial charge on any atom is 0.0175 e. The second kappa shape index (κ2) is 2.67. The molecule has 0 heterocycles. The van der Waals surface area contributed by atoms with Crippen molar-refractivity contribution in [1.82, 2.24) is 0 Å². The van der Waals surface area contributed by atoms with E-state index < -0.39 is 0 Å². The van der Waals surface area contributed by atoms with E-state index in [1.165, 1.54) is 0 Å². The number of hydrogen-bond donors (Lipinski definition) is 1. The van der Waals surface area contributed by atoms with Gasteiger partial charge >= 0.3 is 0 Å². The van der Waals surface area contributed by atoms with Crippen molar-refractivity contribution in [2.75, 3.05) is 0 Å². The Morgan fingerprint density at radius 2 is 2.44 bits per heavy atom. The van der Waals surface area contributed by atoms with Crippen LogP contribution in [0.5, 0.6) is 0 Å². The zero-order valence-corrected chi connectivity index (χ0v) is 5.54. The summed E-state index contributed by atoms with van der Waals surface area (Å²) in [6.45, 7) is 2.00. The minimum absolute atomic E-state index is 0.211. The second-order valence-electron chi connectivity index (χ2n) is 2.32. The molecule has 2 N–H and O–H groups in total. The van der Waals surface area contributed by atoms with Crippen LogP contribution in [0.3, 0.4) is 0 Å². The molecule has 0 spiro atoms. The molecular weight excluding hydrogens is 110 g/mol. The summed E-state index contributed by atoms with van der Waals surface area (Å²) in [5.74, 6) is 0.384. The summed E-state index contributed by atoms with van der Waals surface area (Å²) in [4.78, 5) is 0. The lowest BCUT2D eigenvalue weighted by molar-refractivity contribution is 0.633. The molecule has 0 aromatic carbocycles. The standard InChI is InChI=1S/C8H11N/c1-7(9)8-5-3-2-4-6-8/h2-3,5-8H,9H2,1H3. The van der Waals surface area contributed by atoms with Gasteiger partial charge in [0.05, 0.1) is 0 Å². The second-order valence-corrected chi connectivity index (χ2v) is 2.32. The zero-order valence-electron chi connectivity index (χ0n) is 5.54. The molecule has 2 unspecified atom stereocenters. The lowest BCUT2D eigenvalue weighted by atomic mass is 10.00. The topological polar surface area (TPSA) is 26.0 Å². The van der Waals surface area contributed by atoms with Crippen LogP contribution < -0.4 is 5.73 Å². The average Bonchev–Trinajstić information content (AvgIpc) is 1.90. The van der Waals surface area contributed by atoms with Gasteiger partial charge < -0.3 is 5.73 Å². The van der Waals surface area contributed by atoms with Crippen LogP contribution in [0.4, 0.5) is 0 Å². The van der Waals surface area contributed by atoms with E-state index in [2.05, 4.69) is 11.8 Å². The fraction of sp³-hybridized carbons (Fsp3) is 0.375. The Morgan fingerprint density at radius 1 is 1.67 bits per heavy atom. The van der Waals surface area contributed by atoms with E-state index in [1.54, 1.807) is 0 Å². The maximum absolute atomic E-state index is 5.63. The van der Waals surface area contributed by atoms with Gasteiger partial charge in [0.2, 0.25) is 0 Å². The Hall–Kier alpha value is -0.780. The van der Waals surface area contributed by atoms with E-state index >= 15 is 0 Å². The van der Waals surface area contributed by atoms with Crippen LogP contribution in [-0.4, -0.2) is 6.04 Å². The average molecular weight is 121 g/mol. The summed E-state index contributed by atoms with van der Waals surface area (Å²) in [6, 6.07) is 0.211. The number of hydrogen-bond acceptors (Lipinski definition) is 1. The van der Waals surface area contributed by atoms with Gasteiger partial charge in [-0.2, -0.15) is 0 Å². The molecule has 0 fully saturated rings. The highest BCUT2D eigenvalue weighted by Crippen LogP contribution is 2.07. The van der Waals surface area contributed by atoms with Gasteiger partial charge in [0.1, 0.15) is 0 Å². The normalized spacial score (nSPS) is 26.7. The quantitative estimate of drug-likeness (QED) is 0.519. The predicted octanol–water partition coefficient (Wildman–Crippen LogP) is 1.23. The molecule has 9 heavy (non-hydrogen) atoms. The van der Waals surface area contributed by atoms with E-state index in [-0.39, 0.29) is 6.04 Å². The molecule has 0 aliphatic heterocycles. The molecule has 0 aromatic rings. The van der Waals surface area contributed by atoms with Gasteiger partial charge in [0, 0.05) is 12.0 Å². The van der Waals surface area contributed by atoms with Crippen LogP contribution in [0.15, 0.2) is 30.0 Å². The fourth-order valence-electron chi connectivity index (χ4n) is 0.789. The zero-order chi connectivity index (χ0) is 6.69. The first-order valence-electron chi connectivity index (χ1n) is 3.15. The predicted molar refractivity (Wildman–Crippen MR) is 38.9 cm³/mol. The molecule has 1 rings (SSSR count). The molecule has 0 aromatic heterocycles. The van der Waals surface area contributed by atoms with Crippen molar-refractivity contribution in [1.29, 1.82) is 0 Å². The number of nitrogens with two attached hydrogens (primary N) is 1. The van der Waals surface area contributed by atoms with Crippen molar-refractivity contribution in [3.05, 3.63) is 30.0 Å². The largest absolute Gasteiger partial charge is 0.327 e. The third-order valence-electron chi connectivity index (χ3n) is 1.42. The van der Waals surface area contributed by atoms with Gasteiger partial charge in [-0.1, -0.05) is 12.2 Å². The fourth-order valence-corrected chi connectivity index (χ4v) is 0.789.